The van der Waals surface area contributed by atoms with Crippen LogP contribution in [0.25, 0.3) is 0 Å². The summed E-state index contributed by atoms with van der Waals surface area (Å²) < 4.78 is 0. The summed E-state index contributed by atoms with van der Waals surface area (Å²) in [5, 5.41) is 3.03. The number of piperidine rings is 3. The summed E-state index contributed by atoms with van der Waals surface area (Å²) in [4.78, 5) is 2.74. The maximum atomic E-state index is 4.06. The summed E-state index contributed by atoms with van der Waals surface area (Å²) in [6.45, 7) is 6.57. The highest BCUT2D eigenvalue weighted by Crippen LogP contribution is 2.43. The van der Waals surface area contributed by atoms with Crippen molar-refractivity contribution in [3.63, 3.8) is 0 Å². The summed E-state index contributed by atoms with van der Waals surface area (Å²) >= 11 is 0. The highest BCUT2D eigenvalue weighted by Gasteiger charge is 2.39. The van der Waals surface area contributed by atoms with Crippen molar-refractivity contribution in [3.05, 3.63) is 73.3 Å². The van der Waals surface area contributed by atoms with Crippen molar-refractivity contribution in [1.29, 1.82) is 0 Å². The van der Waals surface area contributed by atoms with Crippen LogP contribution in [0, 0.1) is 11.8 Å². The highest BCUT2D eigenvalue weighted by molar-refractivity contribution is 7.73. The monoisotopic (exact) mass is 335 g/mol. The van der Waals surface area contributed by atoms with Crippen LogP contribution < -0.4 is 10.6 Å². The Bertz CT molecular complexity index is 629. The first-order chi connectivity index (χ1) is 11.8. The Morgan fingerprint density at radius 3 is 2.12 bits per heavy atom. The van der Waals surface area contributed by atoms with Crippen molar-refractivity contribution in [2.24, 2.45) is 11.8 Å². The largest absolute Gasteiger partial charge is 0.299 e. The third-order valence-electron chi connectivity index (χ3n) is 5.76. The quantitative estimate of drug-likeness (QED) is 0.589. The van der Waals surface area contributed by atoms with Crippen LogP contribution in [0.1, 0.15) is 12.8 Å². The molecule has 124 valence electrons. The molecule has 2 aromatic carbocycles. The van der Waals surface area contributed by atoms with Crippen LogP contribution in [-0.4, -0.2) is 30.2 Å². The molecule has 0 aliphatic carbocycles. The lowest BCUT2D eigenvalue weighted by Gasteiger charge is -2.50. The molecule has 3 saturated heterocycles. The van der Waals surface area contributed by atoms with Gasteiger partial charge in [0.1, 0.15) is 0 Å². The molecule has 0 amide bonds. The van der Waals surface area contributed by atoms with Gasteiger partial charge in [-0.15, -0.1) is 6.58 Å². The van der Waals surface area contributed by atoms with E-state index < -0.39 is 0 Å². The van der Waals surface area contributed by atoms with Crippen LogP contribution in [0.2, 0.25) is 0 Å². The molecule has 24 heavy (non-hydrogen) atoms. The lowest BCUT2D eigenvalue weighted by Crippen LogP contribution is -2.54. The molecule has 0 saturated carbocycles. The molecular formula is C22H26NP. The lowest BCUT2D eigenvalue weighted by atomic mass is 9.76. The first kappa shape index (κ1) is 16.1. The zero-order valence-corrected chi connectivity index (χ0v) is 15.1. The van der Waals surface area contributed by atoms with Gasteiger partial charge in [-0.25, -0.2) is 0 Å². The van der Waals surface area contributed by atoms with Gasteiger partial charge < -0.3 is 0 Å². The Labute approximate surface area is 147 Å². The van der Waals surface area contributed by atoms with Crippen molar-refractivity contribution in [2.45, 2.75) is 18.9 Å². The summed E-state index contributed by atoms with van der Waals surface area (Å²) in [5.74, 6) is 1.58. The van der Waals surface area contributed by atoms with Crippen LogP contribution in [0.4, 0.5) is 0 Å². The van der Waals surface area contributed by atoms with Crippen LogP contribution in [-0.2, 0) is 0 Å². The van der Waals surface area contributed by atoms with Gasteiger partial charge in [0.2, 0.25) is 0 Å². The topological polar surface area (TPSA) is 3.24 Å². The van der Waals surface area contributed by atoms with E-state index in [9.17, 15) is 0 Å². The fourth-order valence-electron chi connectivity index (χ4n) is 4.42. The molecule has 3 aliphatic rings. The summed E-state index contributed by atoms with van der Waals surface area (Å²) in [7, 11) is -0.272. The number of nitrogens with zero attached hydrogens (tertiary/aromatic N) is 1. The maximum Gasteiger partial charge on any atom is 0.0144 e. The second-order valence-corrected chi connectivity index (χ2v) is 9.37. The summed E-state index contributed by atoms with van der Waals surface area (Å²) in [6, 6.07) is 23.0. The van der Waals surface area contributed by atoms with Gasteiger partial charge in [-0.2, -0.15) is 0 Å². The van der Waals surface area contributed by atoms with Gasteiger partial charge in [-0.3, -0.25) is 4.90 Å². The fraction of sp³-hybridized carbons (Fsp3) is 0.364. The second kappa shape index (κ2) is 7.21. The van der Waals surface area contributed by atoms with Crippen LogP contribution in [0.5, 0.6) is 0 Å². The Morgan fingerprint density at radius 1 is 1.00 bits per heavy atom. The Hall–Kier alpha value is -1.43. The van der Waals surface area contributed by atoms with E-state index in [0.717, 1.165) is 17.9 Å². The van der Waals surface area contributed by atoms with Crippen molar-refractivity contribution in [2.75, 3.05) is 19.3 Å². The molecule has 4 atom stereocenters. The van der Waals surface area contributed by atoms with E-state index in [4.69, 9.17) is 0 Å². The molecule has 3 fully saturated rings. The number of benzene rings is 2. The number of hydrogen-bond acceptors (Lipinski definition) is 1. The van der Waals surface area contributed by atoms with Gasteiger partial charge in [0.25, 0.3) is 0 Å². The highest BCUT2D eigenvalue weighted by atomic mass is 31.1. The smallest absolute Gasteiger partial charge is 0.0144 e. The predicted octanol–water partition coefficient (Wildman–Crippen LogP) is 4.02. The van der Waals surface area contributed by atoms with Crippen molar-refractivity contribution >= 4 is 18.5 Å². The SMILES string of the molecule is C=C[C@H]1CN2CC[C@H]1C[C@@H]2CP(c1ccccc1)c1ccccc1. The van der Waals surface area contributed by atoms with Crippen LogP contribution >= 0.6 is 7.92 Å². The van der Waals surface area contributed by atoms with Gasteiger partial charge in [0.05, 0.1) is 0 Å². The molecule has 0 radical (unpaired) electrons. The molecule has 2 heteroatoms. The Morgan fingerprint density at radius 2 is 1.62 bits per heavy atom. The Kier molecular flexibility index (Phi) is 4.83. The van der Waals surface area contributed by atoms with E-state index in [-0.39, 0.29) is 7.92 Å². The van der Waals surface area contributed by atoms with Gasteiger partial charge >= 0.3 is 0 Å². The molecule has 0 N–H and O–H groups in total. The Balaban J connectivity index is 1.58. The molecule has 0 aromatic heterocycles. The number of rotatable bonds is 5. The second-order valence-electron chi connectivity index (χ2n) is 7.11. The minimum absolute atomic E-state index is 0.272. The van der Waals surface area contributed by atoms with Crippen molar-refractivity contribution in [3.8, 4) is 0 Å². The normalized spacial score (nSPS) is 28.9. The van der Waals surface area contributed by atoms with Gasteiger partial charge in [0, 0.05) is 12.6 Å². The summed E-state index contributed by atoms with van der Waals surface area (Å²) in [5.41, 5.74) is 0. The lowest BCUT2D eigenvalue weighted by molar-refractivity contribution is 0.0296. The van der Waals surface area contributed by atoms with Crippen LogP contribution in [0.3, 0.4) is 0 Å². The standard InChI is InChI=1S/C22H26NP/c1-2-18-16-23-14-13-19(18)15-20(23)17-24(21-9-5-3-6-10-21)22-11-7-4-8-12-22/h2-12,18-20H,1,13-17H2/t18-,19-,20+/m0/s1. The molecular weight excluding hydrogens is 309 g/mol. The van der Waals surface area contributed by atoms with E-state index in [0.29, 0.717) is 0 Å². The van der Waals surface area contributed by atoms with E-state index in [1.165, 1.54) is 42.7 Å². The molecule has 3 heterocycles. The molecule has 5 rings (SSSR count). The molecule has 0 spiro atoms. The average Bonchev–Trinajstić information content (AvgIpc) is 2.68. The minimum Gasteiger partial charge on any atom is -0.299 e. The predicted molar refractivity (Wildman–Crippen MR) is 106 cm³/mol. The number of hydrogen-bond donors (Lipinski definition) is 0. The van der Waals surface area contributed by atoms with E-state index in [1.807, 2.05) is 0 Å². The van der Waals surface area contributed by atoms with Gasteiger partial charge in [0.15, 0.2) is 0 Å². The van der Waals surface area contributed by atoms with Crippen LogP contribution in [0.15, 0.2) is 73.3 Å². The molecule has 2 aromatic rings. The summed E-state index contributed by atoms with van der Waals surface area (Å²) in [6.07, 6.45) is 6.21. The third kappa shape index (κ3) is 3.21. The third-order valence-corrected chi connectivity index (χ3v) is 8.39. The maximum absolute atomic E-state index is 4.06. The molecule has 1 unspecified atom stereocenters. The van der Waals surface area contributed by atoms with Crippen molar-refractivity contribution in [1.82, 2.24) is 4.90 Å². The zero-order valence-electron chi connectivity index (χ0n) is 14.2. The molecule has 3 aliphatic heterocycles. The number of fused-ring (bicyclic) bond motifs is 3. The van der Waals surface area contributed by atoms with Crippen molar-refractivity contribution < 1.29 is 0 Å². The van der Waals surface area contributed by atoms with Gasteiger partial charge in [-0.05, 0) is 55.9 Å². The van der Waals surface area contributed by atoms with E-state index in [2.05, 4.69) is 78.2 Å². The zero-order chi connectivity index (χ0) is 16.4. The minimum atomic E-state index is -0.272. The average molecular weight is 335 g/mol. The first-order valence-corrected chi connectivity index (χ1v) is 10.6. The fourth-order valence-corrected chi connectivity index (χ4v) is 7.01. The van der Waals surface area contributed by atoms with E-state index in [1.54, 1.807) is 0 Å². The van der Waals surface area contributed by atoms with E-state index >= 15 is 0 Å². The first-order valence-electron chi connectivity index (χ1n) is 9.09. The molecule has 1 nitrogen and oxygen atoms in total. The van der Waals surface area contributed by atoms with Gasteiger partial charge in [-0.1, -0.05) is 66.7 Å². The molecule has 2 bridgehead atoms.